The van der Waals surface area contributed by atoms with Crippen molar-refractivity contribution in [2.45, 2.75) is 12.7 Å². The van der Waals surface area contributed by atoms with Crippen molar-refractivity contribution in [3.63, 3.8) is 0 Å². The van der Waals surface area contributed by atoms with Crippen LogP contribution in [0, 0.1) is 0 Å². The van der Waals surface area contributed by atoms with Gasteiger partial charge in [0.25, 0.3) is 0 Å². The molecule has 1 aromatic heterocycles. The van der Waals surface area contributed by atoms with Gasteiger partial charge in [-0.1, -0.05) is 37.4 Å². The summed E-state index contributed by atoms with van der Waals surface area (Å²) in [6.07, 6.45) is 3.60. The summed E-state index contributed by atoms with van der Waals surface area (Å²) in [4.78, 5) is 13.4. The first-order chi connectivity index (χ1) is 12.1. The summed E-state index contributed by atoms with van der Waals surface area (Å²) in [7, 11) is 0. The Bertz CT molecular complexity index is 899. The highest BCUT2D eigenvalue weighted by Gasteiger charge is 2.30. The summed E-state index contributed by atoms with van der Waals surface area (Å²) >= 11 is 5.19. The highest BCUT2D eigenvalue weighted by molar-refractivity contribution is 9.10. The fourth-order valence-corrected chi connectivity index (χ4v) is 4.21. The first kappa shape index (κ1) is 17.8. The number of para-hydroxylation sites is 1. The molecule has 4 nitrogen and oxygen atoms in total. The van der Waals surface area contributed by atoms with E-state index < -0.39 is 5.97 Å². The number of nitrogens with zero attached hydrogens (tertiary/aromatic N) is 2. The van der Waals surface area contributed by atoms with Crippen molar-refractivity contribution in [2.24, 2.45) is 0 Å². The number of halogens is 1. The number of fused-ring (bicyclic) bond motifs is 1. The standard InChI is InChI=1S/C19H17BrN2O2S/c1-4-12-16(5-2)25-11-13-17(19(23)24-6-3)21-22(18(12)13)15-10-8-7-9-14(15)20/h4-5,7-10H,1-2,6,11H2,3H3. The number of thioether (sulfide) groups is 1. The number of rotatable bonds is 5. The van der Waals surface area contributed by atoms with E-state index in [1.807, 2.05) is 30.3 Å². The minimum atomic E-state index is -0.407. The molecule has 1 aliphatic rings. The number of allylic oxidation sites excluding steroid dienone is 3. The van der Waals surface area contributed by atoms with Gasteiger partial charge < -0.3 is 4.74 Å². The van der Waals surface area contributed by atoms with Crippen LogP contribution in [0.3, 0.4) is 0 Å². The monoisotopic (exact) mass is 416 g/mol. The number of ether oxygens (including phenoxy) is 1. The molecule has 0 N–H and O–H groups in total. The fourth-order valence-electron chi connectivity index (χ4n) is 2.74. The van der Waals surface area contributed by atoms with E-state index in [9.17, 15) is 4.79 Å². The van der Waals surface area contributed by atoms with Crippen LogP contribution in [0.2, 0.25) is 0 Å². The number of aromatic nitrogens is 2. The molecular formula is C19H17BrN2O2S. The van der Waals surface area contributed by atoms with Gasteiger partial charge in [-0.3, -0.25) is 0 Å². The van der Waals surface area contributed by atoms with Gasteiger partial charge in [0.15, 0.2) is 5.69 Å². The Morgan fingerprint density at radius 3 is 2.80 bits per heavy atom. The van der Waals surface area contributed by atoms with Crippen LogP contribution in [0.1, 0.15) is 28.7 Å². The van der Waals surface area contributed by atoms with Gasteiger partial charge in [-0.25, -0.2) is 9.48 Å². The average molecular weight is 417 g/mol. The summed E-state index contributed by atoms with van der Waals surface area (Å²) in [5.41, 5.74) is 3.84. The van der Waals surface area contributed by atoms with E-state index in [1.165, 1.54) is 0 Å². The second kappa shape index (κ2) is 7.45. The zero-order valence-corrected chi connectivity index (χ0v) is 16.2. The molecular weight excluding hydrogens is 400 g/mol. The molecule has 0 spiro atoms. The molecule has 0 saturated heterocycles. The third-order valence-corrected chi connectivity index (χ3v) is 5.62. The van der Waals surface area contributed by atoms with E-state index >= 15 is 0 Å². The number of benzene rings is 1. The second-order valence-corrected chi connectivity index (χ2v) is 7.11. The molecule has 0 fully saturated rings. The van der Waals surface area contributed by atoms with E-state index in [4.69, 9.17) is 4.74 Å². The zero-order chi connectivity index (χ0) is 18.0. The van der Waals surface area contributed by atoms with Crippen LogP contribution in [0.4, 0.5) is 0 Å². The minimum absolute atomic E-state index is 0.310. The minimum Gasteiger partial charge on any atom is -0.461 e. The van der Waals surface area contributed by atoms with E-state index in [2.05, 4.69) is 34.2 Å². The Morgan fingerprint density at radius 2 is 2.16 bits per heavy atom. The lowest BCUT2D eigenvalue weighted by Crippen LogP contribution is -2.09. The topological polar surface area (TPSA) is 44.1 Å². The normalized spacial score (nSPS) is 13.4. The predicted molar refractivity (Wildman–Crippen MR) is 106 cm³/mol. The molecule has 2 aromatic rings. The zero-order valence-electron chi connectivity index (χ0n) is 13.8. The Hall–Kier alpha value is -2.05. The molecule has 128 valence electrons. The molecule has 6 heteroatoms. The molecule has 0 aliphatic carbocycles. The van der Waals surface area contributed by atoms with E-state index in [0.717, 1.165) is 31.9 Å². The van der Waals surface area contributed by atoms with E-state index in [-0.39, 0.29) is 0 Å². The molecule has 0 unspecified atom stereocenters. The first-order valence-electron chi connectivity index (χ1n) is 7.78. The Labute approximate surface area is 159 Å². The number of hydrogen-bond acceptors (Lipinski definition) is 4. The van der Waals surface area contributed by atoms with Gasteiger partial charge >= 0.3 is 5.97 Å². The lowest BCUT2D eigenvalue weighted by molar-refractivity contribution is 0.0518. The van der Waals surface area contributed by atoms with Crippen molar-refractivity contribution < 1.29 is 9.53 Å². The number of carbonyl (C=O) groups excluding carboxylic acids is 1. The molecule has 0 radical (unpaired) electrons. The van der Waals surface area contributed by atoms with Crippen molar-refractivity contribution in [1.82, 2.24) is 9.78 Å². The van der Waals surface area contributed by atoms with Crippen LogP contribution in [-0.4, -0.2) is 22.4 Å². The van der Waals surface area contributed by atoms with Crippen LogP contribution >= 0.6 is 27.7 Å². The van der Waals surface area contributed by atoms with Crippen molar-refractivity contribution in [3.05, 3.63) is 75.9 Å². The van der Waals surface area contributed by atoms with Crippen LogP contribution in [-0.2, 0) is 10.5 Å². The molecule has 0 atom stereocenters. The van der Waals surface area contributed by atoms with Gasteiger partial charge in [0.2, 0.25) is 0 Å². The van der Waals surface area contributed by atoms with Crippen molar-refractivity contribution in [2.75, 3.05) is 6.61 Å². The summed E-state index contributed by atoms with van der Waals surface area (Å²) in [6.45, 7) is 9.93. The van der Waals surface area contributed by atoms with Gasteiger partial charge in [0, 0.05) is 26.3 Å². The number of hydrogen-bond donors (Lipinski definition) is 0. The maximum atomic E-state index is 12.4. The van der Waals surface area contributed by atoms with Crippen LogP contribution in [0.15, 0.2) is 59.0 Å². The summed E-state index contributed by atoms with van der Waals surface area (Å²) in [5, 5.41) is 4.59. The van der Waals surface area contributed by atoms with Crippen LogP contribution < -0.4 is 0 Å². The van der Waals surface area contributed by atoms with Gasteiger partial charge in [-0.15, -0.1) is 11.8 Å². The Kier molecular flexibility index (Phi) is 5.30. The molecule has 0 saturated carbocycles. The highest BCUT2D eigenvalue weighted by atomic mass is 79.9. The SMILES string of the molecule is C=CC1=C(C=C)c2c(c(C(=O)OCC)nn2-c2ccccc2Br)CS1. The van der Waals surface area contributed by atoms with Crippen molar-refractivity contribution in [1.29, 1.82) is 0 Å². The van der Waals surface area contributed by atoms with Gasteiger partial charge in [-0.2, -0.15) is 5.10 Å². The molecule has 2 heterocycles. The predicted octanol–water partition coefficient (Wildman–Crippen LogP) is 5.14. The van der Waals surface area contributed by atoms with Crippen LogP contribution in [0.25, 0.3) is 11.3 Å². The average Bonchev–Trinajstić information content (AvgIpc) is 3.01. The number of esters is 1. The largest absolute Gasteiger partial charge is 0.461 e. The lowest BCUT2D eigenvalue weighted by atomic mass is 10.1. The quantitative estimate of drug-likeness (QED) is 0.632. The van der Waals surface area contributed by atoms with Gasteiger partial charge in [0.05, 0.1) is 18.0 Å². The second-order valence-electron chi connectivity index (χ2n) is 5.23. The van der Waals surface area contributed by atoms with Crippen LogP contribution in [0.5, 0.6) is 0 Å². The van der Waals surface area contributed by atoms with Gasteiger partial charge in [-0.05, 0) is 35.0 Å². The Balaban J connectivity index is 2.32. The molecule has 1 aliphatic heterocycles. The molecule has 3 rings (SSSR count). The third kappa shape index (κ3) is 3.12. The first-order valence-corrected chi connectivity index (χ1v) is 9.56. The molecule has 1 aromatic carbocycles. The van der Waals surface area contributed by atoms with E-state index in [0.29, 0.717) is 18.1 Å². The molecule has 0 bridgehead atoms. The number of carbonyl (C=O) groups is 1. The maximum Gasteiger partial charge on any atom is 0.359 e. The summed E-state index contributed by atoms with van der Waals surface area (Å²) in [5.74, 6) is 0.225. The summed E-state index contributed by atoms with van der Waals surface area (Å²) in [6, 6.07) is 7.76. The fraction of sp³-hybridized carbons (Fsp3) is 0.158. The van der Waals surface area contributed by atoms with E-state index in [1.54, 1.807) is 29.4 Å². The van der Waals surface area contributed by atoms with Crippen molar-refractivity contribution in [3.8, 4) is 5.69 Å². The maximum absolute atomic E-state index is 12.4. The van der Waals surface area contributed by atoms with Crippen molar-refractivity contribution >= 4 is 39.2 Å². The summed E-state index contributed by atoms with van der Waals surface area (Å²) < 4.78 is 7.87. The van der Waals surface area contributed by atoms with Gasteiger partial charge in [0.1, 0.15) is 0 Å². The smallest absolute Gasteiger partial charge is 0.359 e. The third-order valence-electron chi connectivity index (χ3n) is 3.82. The molecule has 0 amide bonds. The highest BCUT2D eigenvalue weighted by Crippen LogP contribution is 2.42. The lowest BCUT2D eigenvalue weighted by Gasteiger charge is -2.18. The molecule has 25 heavy (non-hydrogen) atoms. The Morgan fingerprint density at radius 1 is 1.40 bits per heavy atom.